The van der Waals surface area contributed by atoms with Gasteiger partial charge in [-0.2, -0.15) is 5.10 Å². The Labute approximate surface area is 139 Å². The van der Waals surface area contributed by atoms with Gasteiger partial charge in [0.2, 0.25) is 5.91 Å². The monoisotopic (exact) mass is 315 g/mol. The van der Waals surface area contributed by atoms with E-state index in [9.17, 15) is 4.79 Å². The highest BCUT2D eigenvalue weighted by Gasteiger charge is 2.51. The van der Waals surface area contributed by atoms with Gasteiger partial charge in [-0.15, -0.1) is 0 Å². The number of rotatable bonds is 4. The second-order valence-electron chi connectivity index (χ2n) is 8.76. The van der Waals surface area contributed by atoms with Crippen LogP contribution in [0.25, 0.3) is 0 Å². The van der Waals surface area contributed by atoms with Gasteiger partial charge in [0.25, 0.3) is 0 Å². The SMILES string of the molecule is Cc1nn(C)cc1CN(C)C(=O)CC12CC3CC(CC(C3)C1)C2. The van der Waals surface area contributed by atoms with E-state index in [0.29, 0.717) is 17.9 Å². The Hall–Kier alpha value is -1.32. The maximum Gasteiger partial charge on any atom is 0.223 e. The van der Waals surface area contributed by atoms with Crippen molar-refractivity contribution >= 4 is 5.91 Å². The third kappa shape index (κ3) is 2.81. The first kappa shape index (κ1) is 15.2. The molecule has 0 aromatic carbocycles. The van der Waals surface area contributed by atoms with Crippen LogP contribution in [0.15, 0.2) is 6.20 Å². The number of hydrogen-bond donors (Lipinski definition) is 0. The Morgan fingerprint density at radius 2 is 1.83 bits per heavy atom. The molecule has 0 aliphatic heterocycles. The molecule has 23 heavy (non-hydrogen) atoms. The maximum absolute atomic E-state index is 12.8. The smallest absolute Gasteiger partial charge is 0.223 e. The molecule has 0 spiro atoms. The van der Waals surface area contributed by atoms with Crippen LogP contribution < -0.4 is 0 Å². The number of hydrogen-bond acceptors (Lipinski definition) is 2. The maximum atomic E-state index is 12.8. The van der Waals surface area contributed by atoms with Gasteiger partial charge in [0.15, 0.2) is 0 Å². The largest absolute Gasteiger partial charge is 0.341 e. The van der Waals surface area contributed by atoms with E-state index in [4.69, 9.17) is 0 Å². The summed E-state index contributed by atoms with van der Waals surface area (Å²) < 4.78 is 1.84. The van der Waals surface area contributed by atoms with E-state index < -0.39 is 0 Å². The fourth-order valence-electron chi connectivity index (χ4n) is 6.11. The van der Waals surface area contributed by atoms with Crippen molar-refractivity contribution in [2.24, 2.45) is 30.2 Å². The molecule has 1 aromatic heterocycles. The van der Waals surface area contributed by atoms with Crippen LogP contribution >= 0.6 is 0 Å². The molecular formula is C19H29N3O. The van der Waals surface area contributed by atoms with Gasteiger partial charge in [-0.1, -0.05) is 0 Å². The lowest BCUT2D eigenvalue weighted by atomic mass is 9.49. The van der Waals surface area contributed by atoms with Crippen LogP contribution in [0.1, 0.15) is 56.2 Å². The van der Waals surface area contributed by atoms with E-state index in [1.807, 2.05) is 36.8 Å². The lowest BCUT2D eigenvalue weighted by Crippen LogP contribution is -2.48. The predicted molar refractivity (Wildman–Crippen MR) is 89.6 cm³/mol. The second-order valence-corrected chi connectivity index (χ2v) is 8.76. The molecule has 1 heterocycles. The lowest BCUT2D eigenvalue weighted by molar-refractivity contribution is -0.138. The molecule has 4 nitrogen and oxygen atoms in total. The van der Waals surface area contributed by atoms with Gasteiger partial charge < -0.3 is 4.90 Å². The van der Waals surface area contributed by atoms with Crippen LogP contribution in [0.4, 0.5) is 0 Å². The normalized spacial score (nSPS) is 34.8. The van der Waals surface area contributed by atoms with Crippen LogP contribution in [0, 0.1) is 30.1 Å². The first-order valence-electron chi connectivity index (χ1n) is 9.15. The fraction of sp³-hybridized carbons (Fsp3) is 0.789. The summed E-state index contributed by atoms with van der Waals surface area (Å²) in [5.41, 5.74) is 2.53. The van der Waals surface area contributed by atoms with Crippen LogP contribution in [0.2, 0.25) is 0 Å². The molecule has 0 N–H and O–H groups in total. The number of carbonyl (C=O) groups is 1. The van der Waals surface area contributed by atoms with Gasteiger partial charge in [-0.05, 0) is 68.6 Å². The Bertz CT molecular complexity index is 583. The molecule has 4 bridgehead atoms. The van der Waals surface area contributed by atoms with Crippen molar-refractivity contribution in [2.45, 2.75) is 58.4 Å². The van der Waals surface area contributed by atoms with Gasteiger partial charge in [-0.3, -0.25) is 9.48 Å². The number of aromatic nitrogens is 2. The van der Waals surface area contributed by atoms with Crippen LogP contribution in [0.5, 0.6) is 0 Å². The van der Waals surface area contributed by atoms with Crippen molar-refractivity contribution in [3.63, 3.8) is 0 Å². The van der Waals surface area contributed by atoms with E-state index in [1.165, 1.54) is 38.5 Å². The van der Waals surface area contributed by atoms with Gasteiger partial charge in [0.05, 0.1) is 5.69 Å². The van der Waals surface area contributed by atoms with Crippen molar-refractivity contribution in [1.29, 1.82) is 0 Å². The van der Waals surface area contributed by atoms with Gasteiger partial charge in [-0.25, -0.2) is 0 Å². The Kier molecular flexibility index (Phi) is 3.54. The van der Waals surface area contributed by atoms with Crippen molar-refractivity contribution in [3.05, 3.63) is 17.5 Å². The summed E-state index contributed by atoms with van der Waals surface area (Å²) in [4.78, 5) is 14.8. The Balaban J connectivity index is 1.42. The van der Waals surface area contributed by atoms with E-state index in [0.717, 1.165) is 35.4 Å². The van der Waals surface area contributed by atoms with Crippen molar-refractivity contribution < 1.29 is 4.79 Å². The summed E-state index contributed by atoms with van der Waals surface area (Å²) in [7, 11) is 3.89. The molecule has 4 aliphatic carbocycles. The second kappa shape index (κ2) is 5.35. The van der Waals surface area contributed by atoms with Crippen molar-refractivity contribution in [2.75, 3.05) is 7.05 Å². The average molecular weight is 315 g/mol. The number of carbonyl (C=O) groups excluding carboxylic acids is 1. The molecule has 0 saturated heterocycles. The average Bonchev–Trinajstić information content (AvgIpc) is 2.74. The molecule has 4 fully saturated rings. The van der Waals surface area contributed by atoms with Crippen LogP contribution in [-0.4, -0.2) is 27.6 Å². The van der Waals surface area contributed by atoms with Gasteiger partial charge in [0, 0.05) is 38.8 Å². The molecule has 0 unspecified atom stereocenters. The summed E-state index contributed by atoms with van der Waals surface area (Å²) in [6.07, 6.45) is 11.1. The molecule has 5 rings (SSSR count). The highest BCUT2D eigenvalue weighted by molar-refractivity contribution is 5.76. The van der Waals surface area contributed by atoms with E-state index in [2.05, 4.69) is 5.10 Å². The van der Waals surface area contributed by atoms with Crippen LogP contribution in [0.3, 0.4) is 0 Å². The Morgan fingerprint density at radius 1 is 1.26 bits per heavy atom. The minimum absolute atomic E-state index is 0.329. The molecule has 1 aromatic rings. The van der Waals surface area contributed by atoms with Gasteiger partial charge in [0.1, 0.15) is 0 Å². The summed E-state index contributed by atoms with van der Waals surface area (Å²) in [6.45, 7) is 2.71. The zero-order chi connectivity index (χ0) is 16.2. The molecule has 0 atom stereocenters. The summed E-state index contributed by atoms with van der Waals surface area (Å²) >= 11 is 0. The van der Waals surface area contributed by atoms with Gasteiger partial charge >= 0.3 is 0 Å². The Morgan fingerprint density at radius 3 is 2.30 bits per heavy atom. The molecule has 126 valence electrons. The van der Waals surface area contributed by atoms with E-state index >= 15 is 0 Å². The topological polar surface area (TPSA) is 38.1 Å². The highest BCUT2D eigenvalue weighted by Crippen LogP contribution is 2.61. The third-order valence-electron chi connectivity index (χ3n) is 6.64. The first-order valence-corrected chi connectivity index (χ1v) is 9.15. The van der Waals surface area contributed by atoms with Crippen LogP contribution in [-0.2, 0) is 18.4 Å². The number of amides is 1. The number of nitrogens with zero attached hydrogens (tertiary/aromatic N) is 3. The first-order chi connectivity index (χ1) is 10.9. The van der Waals surface area contributed by atoms with Crippen molar-refractivity contribution in [3.8, 4) is 0 Å². The fourth-order valence-corrected chi connectivity index (χ4v) is 6.11. The third-order valence-corrected chi connectivity index (χ3v) is 6.64. The quantitative estimate of drug-likeness (QED) is 0.855. The molecule has 4 aliphatic rings. The minimum atomic E-state index is 0.329. The molecule has 4 heteroatoms. The molecular weight excluding hydrogens is 286 g/mol. The summed E-state index contributed by atoms with van der Waals surface area (Å²) in [5, 5.41) is 4.38. The van der Waals surface area contributed by atoms with Crippen molar-refractivity contribution in [1.82, 2.24) is 14.7 Å². The molecule has 0 radical (unpaired) electrons. The van der Waals surface area contributed by atoms with E-state index in [-0.39, 0.29) is 0 Å². The lowest BCUT2D eigenvalue weighted by Gasteiger charge is -2.56. The molecule has 1 amide bonds. The zero-order valence-electron chi connectivity index (χ0n) is 14.7. The highest BCUT2D eigenvalue weighted by atomic mass is 16.2. The standard InChI is InChI=1S/C19H29N3O/c1-13-17(12-22(3)20-13)11-21(2)18(23)10-19-7-14-4-15(8-19)6-16(5-14)9-19/h12,14-16H,4-11H2,1-3H3. The zero-order valence-corrected chi connectivity index (χ0v) is 14.7. The minimum Gasteiger partial charge on any atom is -0.341 e. The van der Waals surface area contributed by atoms with E-state index in [1.54, 1.807) is 0 Å². The molecule has 4 saturated carbocycles. The predicted octanol–water partition coefficient (Wildman–Crippen LogP) is 3.29. The summed E-state index contributed by atoms with van der Waals surface area (Å²) in [5.74, 6) is 3.08. The summed E-state index contributed by atoms with van der Waals surface area (Å²) in [6, 6.07) is 0. The number of aryl methyl sites for hydroxylation is 2.